The average Bonchev–Trinajstić information content (AvgIpc) is 2.78. The Balaban J connectivity index is 2.20. The summed E-state index contributed by atoms with van der Waals surface area (Å²) >= 11 is 0. The molecule has 0 aliphatic carbocycles. The molecule has 0 saturated carbocycles. The Morgan fingerprint density at radius 2 is 1.36 bits per heavy atom. The molecule has 10 heteroatoms. The lowest BCUT2D eigenvalue weighted by Crippen LogP contribution is -2.12. The van der Waals surface area contributed by atoms with Crippen molar-refractivity contribution in [2.75, 3.05) is 14.2 Å². The lowest BCUT2D eigenvalue weighted by molar-refractivity contribution is -0.133. The van der Waals surface area contributed by atoms with E-state index in [0.717, 1.165) is 0 Å². The van der Waals surface area contributed by atoms with Crippen LogP contribution in [-0.2, 0) is 14.4 Å². The largest absolute Gasteiger partial charge is 0.493 e. The van der Waals surface area contributed by atoms with Gasteiger partial charge in [0.25, 0.3) is 0 Å². The number of hydrogen-bond acceptors (Lipinski definition) is 10. The molecular weight excluding hydrogens is 472 g/mol. The Morgan fingerprint density at radius 1 is 0.778 bits per heavy atom. The Labute approximate surface area is 206 Å². The van der Waals surface area contributed by atoms with E-state index in [1.165, 1.54) is 53.2 Å². The van der Waals surface area contributed by atoms with E-state index in [2.05, 4.69) is 0 Å². The first-order chi connectivity index (χ1) is 17.0. The lowest BCUT2D eigenvalue weighted by atomic mass is 10.1. The number of methoxy groups -OCH3 is 2. The molecule has 0 bridgehead atoms. The second-order valence-electron chi connectivity index (χ2n) is 7.59. The summed E-state index contributed by atoms with van der Waals surface area (Å²) in [5, 5.41) is 0.0199. The zero-order valence-corrected chi connectivity index (χ0v) is 20.5. The lowest BCUT2D eigenvalue weighted by Gasteiger charge is -2.14. The molecule has 10 nitrogen and oxygen atoms in total. The van der Waals surface area contributed by atoms with Crippen LogP contribution in [-0.4, -0.2) is 32.1 Å². The topological polar surface area (TPSA) is 128 Å². The van der Waals surface area contributed by atoms with Crippen molar-refractivity contribution in [3.05, 3.63) is 51.4 Å². The highest BCUT2D eigenvalue weighted by atomic mass is 16.6. The number of esters is 3. The fraction of sp³-hybridized carbons (Fsp3) is 0.231. The molecule has 1 aromatic heterocycles. The molecule has 36 heavy (non-hydrogen) atoms. The summed E-state index contributed by atoms with van der Waals surface area (Å²) in [5.74, 6) is -0.905. The maximum atomic E-state index is 13.3. The zero-order valence-electron chi connectivity index (χ0n) is 20.5. The van der Waals surface area contributed by atoms with Crippen LogP contribution in [0.2, 0.25) is 0 Å². The van der Waals surface area contributed by atoms with Crippen molar-refractivity contribution in [1.29, 1.82) is 0 Å². The maximum Gasteiger partial charge on any atom is 0.308 e. The van der Waals surface area contributed by atoms with Gasteiger partial charge in [0.15, 0.2) is 16.8 Å². The van der Waals surface area contributed by atoms with Crippen LogP contribution in [0.5, 0.6) is 28.7 Å². The van der Waals surface area contributed by atoms with Gasteiger partial charge >= 0.3 is 17.9 Å². The molecule has 0 atom stereocenters. The second kappa shape index (κ2) is 10.8. The first kappa shape index (κ1) is 26.0. The van der Waals surface area contributed by atoms with Gasteiger partial charge in [-0.05, 0) is 30.7 Å². The minimum atomic E-state index is -0.624. The molecule has 0 fully saturated rings. The van der Waals surface area contributed by atoms with E-state index in [1.807, 2.05) is 0 Å². The average molecular weight is 496 g/mol. The third-order valence-electron chi connectivity index (χ3n) is 4.85. The van der Waals surface area contributed by atoms with Crippen molar-refractivity contribution in [2.24, 2.45) is 0 Å². The maximum absolute atomic E-state index is 13.3. The van der Waals surface area contributed by atoms with E-state index < -0.39 is 23.3 Å². The molecule has 0 spiro atoms. The summed E-state index contributed by atoms with van der Waals surface area (Å²) in [7, 11) is 2.78. The number of benzene rings is 2. The van der Waals surface area contributed by atoms with Crippen molar-refractivity contribution in [2.45, 2.75) is 27.7 Å². The third kappa shape index (κ3) is 5.72. The first-order valence-electron chi connectivity index (χ1n) is 10.6. The molecule has 188 valence electrons. The molecule has 0 N–H and O–H groups in total. The van der Waals surface area contributed by atoms with Gasteiger partial charge in [-0.25, -0.2) is 0 Å². The summed E-state index contributed by atoms with van der Waals surface area (Å²) < 4.78 is 32.2. The first-order valence-corrected chi connectivity index (χ1v) is 10.6. The van der Waals surface area contributed by atoms with Crippen molar-refractivity contribution >= 4 is 41.0 Å². The van der Waals surface area contributed by atoms with Crippen LogP contribution in [0, 0.1) is 6.92 Å². The fourth-order valence-electron chi connectivity index (χ4n) is 3.44. The molecule has 0 aliphatic rings. The molecular formula is C26H24O10. The highest BCUT2D eigenvalue weighted by Crippen LogP contribution is 2.41. The van der Waals surface area contributed by atoms with Gasteiger partial charge in [0, 0.05) is 38.5 Å². The van der Waals surface area contributed by atoms with Crippen molar-refractivity contribution in [1.82, 2.24) is 0 Å². The number of carbonyl (C=O) groups is 3. The highest BCUT2D eigenvalue weighted by Gasteiger charge is 2.23. The number of hydrogen-bond donors (Lipinski definition) is 0. The number of fused-ring (bicyclic) bond motifs is 1. The quantitative estimate of drug-likeness (QED) is 0.349. The minimum Gasteiger partial charge on any atom is -0.493 e. The summed E-state index contributed by atoms with van der Waals surface area (Å²) in [4.78, 5) is 47.7. The van der Waals surface area contributed by atoms with Crippen LogP contribution in [0.4, 0.5) is 0 Å². The summed E-state index contributed by atoms with van der Waals surface area (Å²) in [5.41, 5.74) is 0.307. The summed E-state index contributed by atoms with van der Waals surface area (Å²) in [6.45, 7) is 5.25. The number of ether oxygens (including phenoxy) is 5. The minimum absolute atomic E-state index is 0.0199. The molecule has 1 heterocycles. The second-order valence-corrected chi connectivity index (χ2v) is 7.59. The van der Waals surface area contributed by atoms with E-state index in [1.54, 1.807) is 25.1 Å². The van der Waals surface area contributed by atoms with Gasteiger partial charge in [0.05, 0.1) is 14.2 Å². The molecule has 3 rings (SSSR count). The van der Waals surface area contributed by atoms with Crippen molar-refractivity contribution < 1.29 is 42.5 Å². The normalized spacial score (nSPS) is 10.8. The van der Waals surface area contributed by atoms with Crippen molar-refractivity contribution in [3.63, 3.8) is 0 Å². The van der Waals surface area contributed by atoms with Crippen LogP contribution in [0.15, 0.2) is 33.5 Å². The Hall–Kier alpha value is -4.60. The van der Waals surface area contributed by atoms with E-state index >= 15 is 0 Å². The van der Waals surface area contributed by atoms with Gasteiger partial charge in [-0.15, -0.1) is 0 Å². The molecule has 3 aromatic rings. The molecule has 0 unspecified atom stereocenters. The van der Waals surface area contributed by atoms with Crippen LogP contribution in [0.25, 0.3) is 23.1 Å². The molecule has 0 aliphatic heterocycles. The van der Waals surface area contributed by atoms with Crippen LogP contribution in [0.3, 0.4) is 0 Å². The predicted octanol–water partition coefficient (Wildman–Crippen LogP) is 4.06. The molecule has 0 saturated heterocycles. The van der Waals surface area contributed by atoms with Crippen LogP contribution < -0.4 is 29.1 Å². The smallest absolute Gasteiger partial charge is 0.308 e. The Morgan fingerprint density at radius 3 is 1.86 bits per heavy atom. The van der Waals surface area contributed by atoms with E-state index in [0.29, 0.717) is 5.56 Å². The van der Waals surface area contributed by atoms with Gasteiger partial charge in [0.1, 0.15) is 28.4 Å². The van der Waals surface area contributed by atoms with Crippen molar-refractivity contribution in [3.8, 4) is 28.7 Å². The Kier molecular flexibility index (Phi) is 7.78. The van der Waals surface area contributed by atoms with E-state index in [9.17, 15) is 19.2 Å². The fourth-order valence-corrected chi connectivity index (χ4v) is 3.44. The molecule has 2 aromatic carbocycles. The van der Waals surface area contributed by atoms with Crippen LogP contribution >= 0.6 is 0 Å². The molecule has 0 amide bonds. The number of rotatable bonds is 7. The van der Waals surface area contributed by atoms with Gasteiger partial charge < -0.3 is 28.1 Å². The SMILES string of the molecule is COc1cc(OC(C)=O)c2c(=O)c(C)c(/C=C/c3cc(OC(C)=O)cc(OC(C)=O)c3)oc2c1OC. The standard InChI is InChI=1S/C26H24O10/c1-13-20(8-7-17-9-18(33-14(2)27)11-19(10-17)34-15(3)28)36-26-23(24(13)30)21(35-16(4)29)12-22(31-5)25(26)32-6/h7-12H,1-6H3/b8-7+. The zero-order chi connectivity index (χ0) is 26.6. The third-order valence-corrected chi connectivity index (χ3v) is 4.85. The Bertz CT molecular complexity index is 1410. The van der Waals surface area contributed by atoms with Gasteiger partial charge in [-0.2, -0.15) is 0 Å². The monoisotopic (exact) mass is 496 g/mol. The summed E-state index contributed by atoms with van der Waals surface area (Å²) in [6.07, 6.45) is 3.10. The molecule has 0 radical (unpaired) electrons. The van der Waals surface area contributed by atoms with Crippen LogP contribution in [0.1, 0.15) is 37.7 Å². The van der Waals surface area contributed by atoms with Gasteiger partial charge in [0.2, 0.25) is 5.75 Å². The highest BCUT2D eigenvalue weighted by molar-refractivity contribution is 5.94. The predicted molar refractivity (Wildman–Crippen MR) is 130 cm³/mol. The number of carbonyl (C=O) groups excluding carboxylic acids is 3. The van der Waals surface area contributed by atoms with Gasteiger partial charge in [-0.3, -0.25) is 19.2 Å². The van der Waals surface area contributed by atoms with E-state index in [-0.39, 0.29) is 51.0 Å². The van der Waals surface area contributed by atoms with Gasteiger partial charge in [-0.1, -0.05) is 6.08 Å². The summed E-state index contributed by atoms with van der Waals surface area (Å²) in [6, 6.07) is 5.87. The van der Waals surface area contributed by atoms with E-state index in [4.69, 9.17) is 28.1 Å².